The van der Waals surface area contributed by atoms with Crippen LogP contribution in [-0.4, -0.2) is 19.3 Å². The van der Waals surface area contributed by atoms with E-state index in [0.717, 1.165) is 29.2 Å². The molecule has 0 spiro atoms. The first-order valence-electron chi connectivity index (χ1n) is 7.32. The van der Waals surface area contributed by atoms with Crippen LogP contribution in [0.4, 0.5) is 5.95 Å². The van der Waals surface area contributed by atoms with Gasteiger partial charge in [-0.2, -0.15) is 5.10 Å². The maximum absolute atomic E-state index is 6.17. The van der Waals surface area contributed by atoms with Crippen LogP contribution in [0, 0.1) is 5.92 Å². The third kappa shape index (κ3) is 1.83. The van der Waals surface area contributed by atoms with Crippen LogP contribution in [-0.2, 0) is 13.5 Å². The van der Waals surface area contributed by atoms with Crippen molar-refractivity contribution in [2.75, 3.05) is 5.73 Å². The highest BCUT2D eigenvalue weighted by molar-refractivity contribution is 5.78. The molecular formula is C14H23N5. The SMILES string of the molecule is CCc1nn(C)c2c1nc(N)n2C(C)C1CCCC1. The fraction of sp³-hybridized carbons (Fsp3) is 0.714. The Hall–Kier alpha value is -1.52. The lowest BCUT2D eigenvalue weighted by molar-refractivity contribution is 0.367. The summed E-state index contributed by atoms with van der Waals surface area (Å²) in [5, 5.41) is 4.56. The summed E-state index contributed by atoms with van der Waals surface area (Å²) in [6, 6.07) is 0.410. The normalized spacial score (nSPS) is 18.5. The van der Waals surface area contributed by atoms with E-state index in [2.05, 4.69) is 28.5 Å². The number of nitrogen functional groups attached to an aromatic ring is 1. The highest BCUT2D eigenvalue weighted by Crippen LogP contribution is 2.37. The Labute approximate surface area is 113 Å². The van der Waals surface area contributed by atoms with Crippen molar-refractivity contribution < 1.29 is 0 Å². The zero-order valence-electron chi connectivity index (χ0n) is 12.1. The van der Waals surface area contributed by atoms with Crippen molar-refractivity contribution >= 4 is 17.1 Å². The molecule has 0 aliphatic heterocycles. The van der Waals surface area contributed by atoms with Gasteiger partial charge in [0.25, 0.3) is 0 Å². The maximum Gasteiger partial charge on any atom is 0.202 e. The molecule has 2 N–H and O–H groups in total. The Morgan fingerprint density at radius 2 is 2.05 bits per heavy atom. The first-order valence-corrected chi connectivity index (χ1v) is 7.32. The van der Waals surface area contributed by atoms with E-state index in [1.807, 2.05) is 11.7 Å². The van der Waals surface area contributed by atoms with Crippen molar-refractivity contribution in [1.29, 1.82) is 0 Å². The van der Waals surface area contributed by atoms with Crippen molar-refractivity contribution in [2.24, 2.45) is 13.0 Å². The molecule has 0 radical (unpaired) electrons. The Morgan fingerprint density at radius 1 is 1.37 bits per heavy atom. The number of nitrogens with two attached hydrogens (primary N) is 1. The summed E-state index contributed by atoms with van der Waals surface area (Å²) >= 11 is 0. The lowest BCUT2D eigenvalue weighted by Crippen LogP contribution is -2.17. The second-order valence-corrected chi connectivity index (χ2v) is 5.72. The highest BCUT2D eigenvalue weighted by Gasteiger charge is 2.27. The zero-order chi connectivity index (χ0) is 13.6. The fourth-order valence-electron chi connectivity index (χ4n) is 3.51. The highest BCUT2D eigenvalue weighted by atomic mass is 15.4. The number of rotatable bonds is 3. The van der Waals surface area contributed by atoms with Gasteiger partial charge >= 0.3 is 0 Å². The van der Waals surface area contributed by atoms with Crippen LogP contribution >= 0.6 is 0 Å². The second kappa shape index (κ2) is 4.54. The number of aromatic nitrogens is 4. The van der Waals surface area contributed by atoms with Gasteiger partial charge in [0.15, 0.2) is 5.65 Å². The summed E-state index contributed by atoms with van der Waals surface area (Å²) in [7, 11) is 1.99. The molecule has 1 atom stereocenters. The van der Waals surface area contributed by atoms with Crippen molar-refractivity contribution in [3.63, 3.8) is 0 Å². The maximum atomic E-state index is 6.17. The van der Waals surface area contributed by atoms with Crippen LogP contribution in [0.1, 0.15) is 51.3 Å². The van der Waals surface area contributed by atoms with Gasteiger partial charge in [-0.05, 0) is 32.1 Å². The second-order valence-electron chi connectivity index (χ2n) is 5.72. The van der Waals surface area contributed by atoms with E-state index >= 15 is 0 Å². The Kier molecular flexibility index (Phi) is 2.99. The van der Waals surface area contributed by atoms with Gasteiger partial charge in [-0.25, -0.2) is 4.98 Å². The lowest BCUT2D eigenvalue weighted by atomic mass is 10.00. The number of anilines is 1. The molecule has 0 amide bonds. The van der Waals surface area contributed by atoms with Crippen molar-refractivity contribution in [3.8, 4) is 0 Å². The van der Waals surface area contributed by atoms with Crippen LogP contribution < -0.4 is 5.73 Å². The Morgan fingerprint density at radius 3 is 2.68 bits per heavy atom. The van der Waals surface area contributed by atoms with Crippen LogP contribution in [0.15, 0.2) is 0 Å². The molecule has 0 saturated heterocycles. The van der Waals surface area contributed by atoms with Gasteiger partial charge in [0, 0.05) is 13.1 Å². The van der Waals surface area contributed by atoms with Crippen LogP contribution in [0.3, 0.4) is 0 Å². The molecule has 104 valence electrons. The first kappa shape index (κ1) is 12.5. The third-order valence-corrected chi connectivity index (χ3v) is 4.59. The molecule has 3 rings (SSSR count). The van der Waals surface area contributed by atoms with Gasteiger partial charge in [-0.15, -0.1) is 0 Å². The van der Waals surface area contributed by atoms with E-state index < -0.39 is 0 Å². The summed E-state index contributed by atoms with van der Waals surface area (Å²) in [4.78, 5) is 4.55. The van der Waals surface area contributed by atoms with E-state index in [-0.39, 0.29) is 0 Å². The number of hydrogen-bond acceptors (Lipinski definition) is 3. The van der Waals surface area contributed by atoms with Gasteiger partial charge in [-0.1, -0.05) is 19.8 Å². The number of nitrogens with zero attached hydrogens (tertiary/aromatic N) is 4. The largest absolute Gasteiger partial charge is 0.369 e. The van der Waals surface area contributed by atoms with E-state index in [1.165, 1.54) is 25.7 Å². The van der Waals surface area contributed by atoms with E-state index in [4.69, 9.17) is 5.73 Å². The first-order chi connectivity index (χ1) is 9.13. The quantitative estimate of drug-likeness (QED) is 0.924. The van der Waals surface area contributed by atoms with Gasteiger partial charge in [-0.3, -0.25) is 9.25 Å². The van der Waals surface area contributed by atoms with Gasteiger partial charge in [0.1, 0.15) is 5.52 Å². The molecule has 0 bridgehead atoms. The van der Waals surface area contributed by atoms with E-state index in [9.17, 15) is 0 Å². The van der Waals surface area contributed by atoms with Gasteiger partial charge in [0.05, 0.1) is 5.69 Å². The summed E-state index contributed by atoms with van der Waals surface area (Å²) in [6.45, 7) is 4.38. The molecule has 19 heavy (non-hydrogen) atoms. The molecule has 2 aromatic heterocycles. The monoisotopic (exact) mass is 261 g/mol. The minimum Gasteiger partial charge on any atom is -0.369 e. The van der Waals surface area contributed by atoms with Gasteiger partial charge in [0.2, 0.25) is 5.95 Å². The molecule has 2 heterocycles. The predicted octanol–water partition coefficient (Wildman–Crippen LogP) is 2.67. The van der Waals surface area contributed by atoms with E-state index in [1.54, 1.807) is 0 Å². The molecule has 1 unspecified atom stereocenters. The number of aryl methyl sites for hydroxylation is 2. The van der Waals surface area contributed by atoms with Crippen molar-refractivity contribution in [2.45, 2.75) is 52.0 Å². The molecule has 1 saturated carbocycles. The van der Waals surface area contributed by atoms with Crippen LogP contribution in [0.2, 0.25) is 0 Å². The smallest absolute Gasteiger partial charge is 0.202 e. The topological polar surface area (TPSA) is 61.7 Å². The fourth-order valence-corrected chi connectivity index (χ4v) is 3.51. The van der Waals surface area contributed by atoms with Crippen molar-refractivity contribution in [1.82, 2.24) is 19.3 Å². The Bertz CT molecular complexity index is 589. The molecule has 1 aliphatic rings. The lowest BCUT2D eigenvalue weighted by Gasteiger charge is -2.22. The Balaban J connectivity index is 2.11. The van der Waals surface area contributed by atoms with Crippen LogP contribution in [0.25, 0.3) is 11.2 Å². The van der Waals surface area contributed by atoms with Gasteiger partial charge < -0.3 is 5.73 Å². The summed E-state index contributed by atoms with van der Waals surface area (Å²) in [6.07, 6.45) is 6.19. The number of fused-ring (bicyclic) bond motifs is 1. The van der Waals surface area contributed by atoms with E-state index in [0.29, 0.717) is 12.0 Å². The van der Waals surface area contributed by atoms with Crippen molar-refractivity contribution in [3.05, 3.63) is 5.69 Å². The van der Waals surface area contributed by atoms with Crippen LogP contribution in [0.5, 0.6) is 0 Å². The zero-order valence-corrected chi connectivity index (χ0v) is 12.1. The molecule has 5 nitrogen and oxygen atoms in total. The standard InChI is InChI=1S/C14H23N5/c1-4-11-12-13(18(3)17-11)19(14(15)16-12)9(2)10-7-5-6-8-10/h9-10H,4-8H2,1-3H3,(H2,15,16). The number of imidazole rings is 1. The average molecular weight is 261 g/mol. The molecule has 2 aromatic rings. The summed E-state index contributed by atoms with van der Waals surface area (Å²) < 4.78 is 4.13. The summed E-state index contributed by atoms with van der Waals surface area (Å²) in [5.74, 6) is 1.36. The third-order valence-electron chi connectivity index (χ3n) is 4.59. The average Bonchev–Trinajstić information content (AvgIpc) is 3.06. The summed E-state index contributed by atoms with van der Waals surface area (Å²) in [5.41, 5.74) is 9.27. The molecule has 1 aliphatic carbocycles. The molecule has 1 fully saturated rings. The minimum atomic E-state index is 0.410. The minimum absolute atomic E-state index is 0.410. The predicted molar refractivity (Wildman–Crippen MR) is 77.0 cm³/mol. The molecular weight excluding hydrogens is 238 g/mol. The number of hydrogen-bond donors (Lipinski definition) is 1. The molecule has 0 aromatic carbocycles. The molecule has 5 heteroatoms.